The van der Waals surface area contributed by atoms with Crippen molar-refractivity contribution in [2.45, 2.75) is 18.4 Å². The van der Waals surface area contributed by atoms with Crippen molar-refractivity contribution in [2.24, 2.45) is 0 Å². The summed E-state index contributed by atoms with van der Waals surface area (Å²) in [5.74, 6) is 0.737. The molecule has 4 heteroatoms. The predicted molar refractivity (Wildman–Crippen MR) is 126 cm³/mol. The number of aromatic nitrogens is 4. The summed E-state index contributed by atoms with van der Waals surface area (Å²) >= 11 is 0. The van der Waals surface area contributed by atoms with E-state index in [-0.39, 0.29) is 0 Å². The molecule has 4 aromatic carbocycles. The molecule has 0 amide bonds. The van der Waals surface area contributed by atoms with Crippen LogP contribution in [0.25, 0.3) is 0 Å². The van der Waals surface area contributed by atoms with Crippen LogP contribution in [0.3, 0.4) is 0 Å². The molecule has 5 rings (SSSR count). The molecule has 0 atom stereocenters. The molecule has 0 radical (unpaired) electrons. The molecule has 0 fully saturated rings. The van der Waals surface area contributed by atoms with Gasteiger partial charge in [-0.1, -0.05) is 121 Å². The third-order valence-corrected chi connectivity index (χ3v) is 5.81. The Balaban J connectivity index is 1.65. The maximum Gasteiger partial charge on any atom is 0.175 e. The van der Waals surface area contributed by atoms with Crippen molar-refractivity contribution in [2.75, 3.05) is 0 Å². The van der Waals surface area contributed by atoms with Crippen LogP contribution >= 0.6 is 0 Å². The van der Waals surface area contributed by atoms with Crippen molar-refractivity contribution >= 4 is 0 Å². The van der Waals surface area contributed by atoms with Gasteiger partial charge in [-0.05, 0) is 33.9 Å². The van der Waals surface area contributed by atoms with E-state index in [9.17, 15) is 0 Å². The number of hydrogen-bond donors (Lipinski definition) is 0. The van der Waals surface area contributed by atoms with Crippen LogP contribution in [0.2, 0.25) is 0 Å². The summed E-state index contributed by atoms with van der Waals surface area (Å²) in [6.07, 6.45) is 1.61. The Hall–Kier alpha value is -4.05. The second-order valence-electron chi connectivity index (χ2n) is 7.79. The summed E-state index contributed by atoms with van der Waals surface area (Å²) in [6.45, 7) is 0. The van der Waals surface area contributed by atoms with Gasteiger partial charge in [0.05, 0.1) is 0 Å². The molecule has 0 aliphatic rings. The first kappa shape index (κ1) is 19.9. The highest BCUT2D eigenvalue weighted by molar-refractivity contribution is 5.49. The topological polar surface area (TPSA) is 43.6 Å². The van der Waals surface area contributed by atoms with Crippen LogP contribution in [0.1, 0.15) is 28.1 Å². The van der Waals surface area contributed by atoms with E-state index in [1.807, 2.05) is 24.3 Å². The van der Waals surface area contributed by atoms with Crippen molar-refractivity contribution in [3.05, 3.63) is 149 Å². The van der Waals surface area contributed by atoms with Gasteiger partial charge in [-0.3, -0.25) is 0 Å². The van der Waals surface area contributed by atoms with E-state index >= 15 is 0 Å². The largest absolute Gasteiger partial charge is 0.175 e. The van der Waals surface area contributed by atoms with Gasteiger partial charge in [0.2, 0.25) is 0 Å². The number of nitrogens with zero attached hydrogens (tertiary/aromatic N) is 4. The lowest BCUT2D eigenvalue weighted by molar-refractivity contribution is 0.394. The lowest BCUT2D eigenvalue weighted by atomic mass is 9.77. The maximum atomic E-state index is 4.92. The summed E-state index contributed by atoms with van der Waals surface area (Å²) in [6, 6.07) is 41.7. The minimum Gasteiger partial charge on any atom is -0.144 e. The minimum absolute atomic E-state index is 0.720. The van der Waals surface area contributed by atoms with Crippen LogP contribution in [-0.2, 0) is 18.4 Å². The number of hydrogen-bond acceptors (Lipinski definition) is 3. The van der Waals surface area contributed by atoms with Crippen LogP contribution in [0.4, 0.5) is 0 Å². The second kappa shape index (κ2) is 8.98. The van der Waals surface area contributed by atoms with Gasteiger partial charge in [-0.15, -0.1) is 15.0 Å². The molecule has 0 unspecified atom stereocenters. The summed E-state index contributed by atoms with van der Waals surface area (Å²) in [5.41, 5.74) is 3.81. The molecule has 1 aromatic heterocycles. The molecule has 0 saturated heterocycles. The molecule has 1 heterocycles. The second-order valence-corrected chi connectivity index (χ2v) is 7.79. The fourth-order valence-electron chi connectivity index (χ4n) is 4.27. The first-order valence-electron chi connectivity index (χ1n) is 10.9. The first-order valence-corrected chi connectivity index (χ1v) is 10.9. The van der Waals surface area contributed by atoms with E-state index in [0.717, 1.165) is 35.4 Å². The zero-order valence-electron chi connectivity index (χ0n) is 17.8. The first-order chi connectivity index (χ1) is 15.9. The van der Waals surface area contributed by atoms with E-state index in [1.54, 1.807) is 4.80 Å². The Kier molecular flexibility index (Phi) is 5.58. The van der Waals surface area contributed by atoms with E-state index in [2.05, 4.69) is 107 Å². The lowest BCUT2D eigenvalue weighted by Crippen LogP contribution is -2.39. The standard InChI is InChI=1S/C28H24N4/c1-5-13-23(14-6-1)21-22-27-29-31-32(30-27)28(24-15-7-2-8-16-24,25-17-9-3-10-18-25)26-19-11-4-12-20-26/h1-20H,21-22H2. The van der Waals surface area contributed by atoms with Gasteiger partial charge in [0.1, 0.15) is 0 Å². The molecular formula is C28H24N4. The molecule has 4 nitrogen and oxygen atoms in total. The van der Waals surface area contributed by atoms with E-state index in [4.69, 9.17) is 5.10 Å². The van der Waals surface area contributed by atoms with Crippen molar-refractivity contribution in [3.63, 3.8) is 0 Å². The third kappa shape index (κ3) is 3.71. The smallest absolute Gasteiger partial charge is 0.144 e. The quantitative estimate of drug-likeness (QED) is 0.338. The lowest BCUT2D eigenvalue weighted by Gasteiger charge is -2.34. The average Bonchev–Trinajstić information content (AvgIpc) is 3.35. The fourth-order valence-corrected chi connectivity index (χ4v) is 4.27. The van der Waals surface area contributed by atoms with Crippen molar-refractivity contribution in [1.82, 2.24) is 20.2 Å². The molecule has 0 spiro atoms. The zero-order valence-corrected chi connectivity index (χ0v) is 17.8. The van der Waals surface area contributed by atoms with Gasteiger partial charge >= 0.3 is 0 Å². The Morgan fingerprint density at radius 3 is 1.44 bits per heavy atom. The molecule has 0 saturated carbocycles. The summed E-state index contributed by atoms with van der Waals surface area (Å²) < 4.78 is 0. The van der Waals surface area contributed by atoms with Crippen LogP contribution < -0.4 is 0 Å². The number of tetrazole rings is 1. The summed E-state index contributed by atoms with van der Waals surface area (Å²) in [5, 5.41) is 14.0. The van der Waals surface area contributed by atoms with Gasteiger partial charge in [0.15, 0.2) is 11.4 Å². The van der Waals surface area contributed by atoms with Gasteiger partial charge in [-0.2, -0.15) is 0 Å². The average molecular weight is 417 g/mol. The highest BCUT2D eigenvalue weighted by Gasteiger charge is 2.41. The highest BCUT2D eigenvalue weighted by atomic mass is 15.6. The molecule has 32 heavy (non-hydrogen) atoms. The molecule has 5 aromatic rings. The maximum absolute atomic E-state index is 4.92. The van der Waals surface area contributed by atoms with E-state index in [0.29, 0.717) is 0 Å². The highest BCUT2D eigenvalue weighted by Crippen LogP contribution is 2.39. The van der Waals surface area contributed by atoms with E-state index < -0.39 is 5.54 Å². The van der Waals surface area contributed by atoms with E-state index in [1.165, 1.54) is 5.56 Å². The predicted octanol–water partition coefficient (Wildman–Crippen LogP) is 5.30. The van der Waals surface area contributed by atoms with Crippen LogP contribution in [-0.4, -0.2) is 20.2 Å². The Morgan fingerprint density at radius 2 is 0.969 bits per heavy atom. The Bertz CT molecular complexity index is 1150. The third-order valence-electron chi connectivity index (χ3n) is 5.81. The van der Waals surface area contributed by atoms with Gasteiger partial charge < -0.3 is 0 Å². The number of rotatable bonds is 7. The zero-order chi connectivity index (χ0) is 21.6. The summed E-state index contributed by atoms with van der Waals surface area (Å²) in [7, 11) is 0. The number of benzene rings is 4. The fraction of sp³-hybridized carbons (Fsp3) is 0.107. The molecular weight excluding hydrogens is 392 g/mol. The molecule has 0 aliphatic heterocycles. The Labute approximate surface area is 188 Å². The molecule has 0 bridgehead atoms. The molecule has 0 aliphatic carbocycles. The van der Waals surface area contributed by atoms with Crippen LogP contribution in [0.5, 0.6) is 0 Å². The van der Waals surface area contributed by atoms with Gasteiger partial charge in [0.25, 0.3) is 0 Å². The summed E-state index contributed by atoms with van der Waals surface area (Å²) in [4.78, 5) is 1.79. The monoisotopic (exact) mass is 416 g/mol. The Morgan fingerprint density at radius 1 is 0.531 bits per heavy atom. The van der Waals surface area contributed by atoms with Crippen LogP contribution in [0, 0.1) is 0 Å². The number of aryl methyl sites for hydroxylation is 2. The van der Waals surface area contributed by atoms with Crippen LogP contribution in [0.15, 0.2) is 121 Å². The van der Waals surface area contributed by atoms with Gasteiger partial charge in [0, 0.05) is 6.42 Å². The molecule has 156 valence electrons. The molecule has 0 N–H and O–H groups in total. The van der Waals surface area contributed by atoms with Crippen molar-refractivity contribution in [3.8, 4) is 0 Å². The van der Waals surface area contributed by atoms with Crippen molar-refractivity contribution < 1.29 is 0 Å². The normalized spacial score (nSPS) is 11.4. The SMILES string of the molecule is c1ccc(CCc2nnn(C(c3ccccc3)(c3ccccc3)c3ccccc3)n2)cc1. The van der Waals surface area contributed by atoms with Crippen molar-refractivity contribution in [1.29, 1.82) is 0 Å². The minimum atomic E-state index is -0.720. The van der Waals surface area contributed by atoms with Gasteiger partial charge in [-0.25, -0.2) is 0 Å².